The molecule has 0 saturated heterocycles. The van der Waals surface area contributed by atoms with Gasteiger partial charge in [-0.1, -0.05) is 35.9 Å². The fourth-order valence-corrected chi connectivity index (χ4v) is 2.99. The Hall–Kier alpha value is -1.38. The molecule has 1 aliphatic rings. The monoisotopic (exact) mass is 322 g/mol. The molecule has 3 rings (SSSR count). The van der Waals surface area contributed by atoms with Crippen molar-refractivity contribution in [1.29, 1.82) is 0 Å². The zero-order chi connectivity index (χ0) is 15.0. The molecule has 0 spiro atoms. The first-order valence-corrected chi connectivity index (χ1v) is 7.73. The van der Waals surface area contributed by atoms with E-state index in [-0.39, 0.29) is 5.60 Å². The van der Waals surface area contributed by atoms with E-state index in [4.69, 9.17) is 32.7 Å². The van der Waals surface area contributed by atoms with E-state index in [1.165, 1.54) is 0 Å². The minimum absolute atomic E-state index is 0.211. The molecule has 110 valence electrons. The second-order valence-corrected chi connectivity index (χ2v) is 6.42. The highest BCUT2D eigenvalue weighted by Gasteiger charge is 2.32. The highest BCUT2D eigenvalue weighted by molar-refractivity contribution is 6.32. The summed E-state index contributed by atoms with van der Waals surface area (Å²) < 4.78 is 12.0. The highest BCUT2D eigenvalue weighted by Crippen LogP contribution is 2.45. The maximum atomic E-state index is 6.24. The molecule has 2 aromatic rings. The van der Waals surface area contributed by atoms with Crippen LogP contribution in [0.15, 0.2) is 36.4 Å². The number of alkyl halides is 1. The first kappa shape index (κ1) is 14.6. The highest BCUT2D eigenvalue weighted by atomic mass is 35.5. The Balaban J connectivity index is 2.00. The summed E-state index contributed by atoms with van der Waals surface area (Å²) in [7, 11) is 0. The van der Waals surface area contributed by atoms with E-state index in [9.17, 15) is 0 Å². The molecule has 1 heterocycles. The normalized spacial score (nSPS) is 15.4. The number of fused-ring (bicyclic) bond motifs is 1. The summed E-state index contributed by atoms with van der Waals surface area (Å²) in [5, 5.41) is 0.544. The SMILES string of the molecule is CC1(C)Cc2cccc(Oc3c(Cl)cccc3CCl)c2O1. The molecule has 21 heavy (non-hydrogen) atoms. The van der Waals surface area contributed by atoms with Crippen molar-refractivity contribution >= 4 is 23.2 Å². The predicted octanol–water partition coefficient (Wildman–Crippen LogP) is 5.58. The van der Waals surface area contributed by atoms with E-state index in [1.54, 1.807) is 6.07 Å². The van der Waals surface area contributed by atoms with Crippen LogP contribution in [0.5, 0.6) is 17.2 Å². The van der Waals surface area contributed by atoms with E-state index in [0.29, 0.717) is 22.4 Å². The first-order valence-electron chi connectivity index (χ1n) is 6.82. The van der Waals surface area contributed by atoms with E-state index in [0.717, 1.165) is 23.3 Å². The molecule has 0 saturated carbocycles. The molecule has 0 amide bonds. The fourth-order valence-electron chi connectivity index (χ4n) is 2.55. The van der Waals surface area contributed by atoms with Crippen LogP contribution in [0.2, 0.25) is 5.02 Å². The molecule has 2 aromatic carbocycles. The lowest BCUT2D eigenvalue weighted by atomic mass is 10.0. The third-order valence-electron chi connectivity index (χ3n) is 3.46. The van der Waals surface area contributed by atoms with Gasteiger partial charge in [0.25, 0.3) is 0 Å². The molecule has 2 nitrogen and oxygen atoms in total. The molecule has 4 heteroatoms. The maximum absolute atomic E-state index is 6.24. The van der Waals surface area contributed by atoms with Gasteiger partial charge < -0.3 is 9.47 Å². The van der Waals surface area contributed by atoms with Crippen LogP contribution >= 0.6 is 23.2 Å². The zero-order valence-corrected chi connectivity index (χ0v) is 13.5. The van der Waals surface area contributed by atoms with Gasteiger partial charge in [0.15, 0.2) is 17.2 Å². The zero-order valence-electron chi connectivity index (χ0n) is 12.0. The van der Waals surface area contributed by atoms with Gasteiger partial charge in [0, 0.05) is 17.5 Å². The van der Waals surface area contributed by atoms with Gasteiger partial charge in [-0.2, -0.15) is 0 Å². The Labute approximate surface area is 134 Å². The van der Waals surface area contributed by atoms with Crippen LogP contribution in [0.25, 0.3) is 0 Å². The van der Waals surface area contributed by atoms with E-state index >= 15 is 0 Å². The van der Waals surface area contributed by atoms with Crippen molar-refractivity contribution in [1.82, 2.24) is 0 Å². The summed E-state index contributed by atoms with van der Waals surface area (Å²) in [6.07, 6.45) is 0.865. The second-order valence-electron chi connectivity index (χ2n) is 5.75. The molecule has 0 aromatic heterocycles. The Morgan fingerprint density at radius 2 is 1.95 bits per heavy atom. The Bertz CT molecular complexity index is 680. The number of para-hydroxylation sites is 2. The van der Waals surface area contributed by atoms with Crippen LogP contribution < -0.4 is 9.47 Å². The molecular weight excluding hydrogens is 307 g/mol. The summed E-state index contributed by atoms with van der Waals surface area (Å²) in [5.74, 6) is 2.41. The van der Waals surface area contributed by atoms with Gasteiger partial charge in [-0.05, 0) is 26.0 Å². The molecule has 0 aliphatic carbocycles. The second kappa shape index (κ2) is 5.43. The molecular formula is C17H16Cl2O2. The Morgan fingerprint density at radius 1 is 1.19 bits per heavy atom. The Kier molecular flexibility index (Phi) is 3.76. The molecule has 0 unspecified atom stereocenters. The molecule has 0 N–H and O–H groups in total. The van der Waals surface area contributed by atoms with Crippen molar-refractivity contribution in [2.24, 2.45) is 0 Å². The van der Waals surface area contributed by atoms with Crippen molar-refractivity contribution in [3.63, 3.8) is 0 Å². The lowest BCUT2D eigenvalue weighted by molar-refractivity contribution is 0.135. The van der Waals surface area contributed by atoms with Gasteiger partial charge in [0.05, 0.1) is 10.9 Å². The average molecular weight is 323 g/mol. The number of hydrogen-bond acceptors (Lipinski definition) is 2. The topological polar surface area (TPSA) is 18.5 Å². The van der Waals surface area contributed by atoms with Crippen molar-refractivity contribution in [3.05, 3.63) is 52.5 Å². The van der Waals surface area contributed by atoms with Crippen molar-refractivity contribution in [2.75, 3.05) is 0 Å². The number of ether oxygens (including phenoxy) is 2. The number of rotatable bonds is 3. The van der Waals surface area contributed by atoms with Gasteiger partial charge in [0.1, 0.15) is 5.60 Å². The van der Waals surface area contributed by atoms with Crippen LogP contribution in [-0.4, -0.2) is 5.60 Å². The van der Waals surface area contributed by atoms with E-state index < -0.39 is 0 Å². The molecule has 1 aliphatic heterocycles. The maximum Gasteiger partial charge on any atom is 0.169 e. The van der Waals surface area contributed by atoms with Crippen molar-refractivity contribution in [2.45, 2.75) is 31.7 Å². The number of hydrogen-bond donors (Lipinski definition) is 0. The van der Waals surface area contributed by atoms with Gasteiger partial charge in [0.2, 0.25) is 0 Å². The largest absolute Gasteiger partial charge is 0.483 e. The van der Waals surface area contributed by atoms with Gasteiger partial charge in [-0.3, -0.25) is 0 Å². The van der Waals surface area contributed by atoms with Crippen molar-refractivity contribution < 1.29 is 9.47 Å². The minimum Gasteiger partial charge on any atom is -0.483 e. The minimum atomic E-state index is -0.211. The summed E-state index contributed by atoms with van der Waals surface area (Å²) in [4.78, 5) is 0. The van der Waals surface area contributed by atoms with Crippen LogP contribution in [0.4, 0.5) is 0 Å². The summed E-state index contributed by atoms with van der Waals surface area (Å²) in [6, 6.07) is 11.5. The van der Waals surface area contributed by atoms with Crippen LogP contribution in [-0.2, 0) is 12.3 Å². The van der Waals surface area contributed by atoms with Crippen LogP contribution in [0.1, 0.15) is 25.0 Å². The standard InChI is InChI=1S/C17H16Cl2O2/c1-17(2)9-11-5-4-8-14(16(11)21-17)20-15-12(10-18)6-3-7-13(15)19/h3-8H,9-10H2,1-2H3. The number of benzene rings is 2. The van der Waals surface area contributed by atoms with Gasteiger partial charge in [-0.15, -0.1) is 11.6 Å². The fraction of sp³-hybridized carbons (Fsp3) is 0.294. The quantitative estimate of drug-likeness (QED) is 0.686. The number of halogens is 2. The summed E-state index contributed by atoms with van der Waals surface area (Å²) in [5.41, 5.74) is 1.80. The molecule has 0 radical (unpaired) electrons. The van der Waals surface area contributed by atoms with Crippen molar-refractivity contribution in [3.8, 4) is 17.2 Å². The lowest BCUT2D eigenvalue weighted by Crippen LogP contribution is -2.24. The van der Waals surface area contributed by atoms with Crippen LogP contribution in [0.3, 0.4) is 0 Å². The smallest absolute Gasteiger partial charge is 0.169 e. The molecule has 0 bridgehead atoms. The summed E-state index contributed by atoms with van der Waals surface area (Å²) >= 11 is 12.2. The third-order valence-corrected chi connectivity index (χ3v) is 4.05. The average Bonchev–Trinajstić information content (AvgIpc) is 2.76. The van der Waals surface area contributed by atoms with Gasteiger partial charge in [-0.25, -0.2) is 0 Å². The van der Waals surface area contributed by atoms with E-state index in [1.807, 2.05) is 24.3 Å². The van der Waals surface area contributed by atoms with Gasteiger partial charge >= 0.3 is 0 Å². The van der Waals surface area contributed by atoms with E-state index in [2.05, 4.69) is 19.9 Å². The summed E-state index contributed by atoms with van der Waals surface area (Å²) in [6.45, 7) is 4.13. The van der Waals surface area contributed by atoms with Crippen LogP contribution in [0, 0.1) is 0 Å². The Morgan fingerprint density at radius 3 is 2.71 bits per heavy atom. The molecule has 0 fully saturated rings. The molecule has 0 atom stereocenters. The third kappa shape index (κ3) is 2.83. The first-order chi connectivity index (χ1) is 10.00. The predicted molar refractivity (Wildman–Crippen MR) is 85.9 cm³/mol. The lowest BCUT2D eigenvalue weighted by Gasteiger charge is -2.19.